The number of aromatic nitrogens is 2. The lowest BCUT2D eigenvalue weighted by molar-refractivity contribution is -0.396. The first-order chi connectivity index (χ1) is 14.3. The first kappa shape index (κ1) is 23.3. The second kappa shape index (κ2) is 10.7. The minimum atomic E-state index is -4.00. The van der Waals surface area contributed by atoms with Gasteiger partial charge in [-0.05, 0) is 24.0 Å². The normalized spacial score (nSPS) is 14.4. The quantitative estimate of drug-likeness (QED) is 0.182. The summed E-state index contributed by atoms with van der Waals surface area (Å²) in [4.78, 5) is 18.1. The Labute approximate surface area is 173 Å². The van der Waals surface area contributed by atoms with E-state index in [1.165, 1.54) is 42.4 Å². The maximum absolute atomic E-state index is 12.3. The fourth-order valence-electron chi connectivity index (χ4n) is 2.38. The molecule has 162 valence electrons. The van der Waals surface area contributed by atoms with Crippen LogP contribution in [0.15, 0.2) is 56.8 Å². The van der Waals surface area contributed by atoms with Crippen molar-refractivity contribution in [2.24, 2.45) is 15.2 Å². The summed E-state index contributed by atoms with van der Waals surface area (Å²) in [6, 6.07) is 4.58. The van der Waals surface area contributed by atoms with E-state index >= 15 is 0 Å². The molecule has 13 heteroatoms. The van der Waals surface area contributed by atoms with E-state index in [1.54, 1.807) is 12.1 Å². The first-order valence-corrected chi connectivity index (χ1v) is 10.2. The van der Waals surface area contributed by atoms with Crippen LogP contribution in [0.1, 0.15) is 5.56 Å². The highest BCUT2D eigenvalue weighted by Crippen LogP contribution is 2.14. The van der Waals surface area contributed by atoms with Crippen LogP contribution in [0.25, 0.3) is 0 Å². The number of aliphatic hydroxyl groups excluding tert-OH is 1. The highest BCUT2D eigenvalue weighted by Gasteiger charge is 2.20. The van der Waals surface area contributed by atoms with Gasteiger partial charge in [-0.3, -0.25) is 9.18 Å². The number of azo groups is 1. The van der Waals surface area contributed by atoms with Crippen molar-refractivity contribution in [3.05, 3.63) is 52.3 Å². The predicted molar refractivity (Wildman–Crippen MR) is 107 cm³/mol. The van der Waals surface area contributed by atoms with Gasteiger partial charge in [0.05, 0.1) is 24.2 Å². The van der Waals surface area contributed by atoms with Gasteiger partial charge in [0.25, 0.3) is 10.1 Å². The Balaban J connectivity index is 2.05. The van der Waals surface area contributed by atoms with E-state index in [1.807, 2.05) is 6.92 Å². The highest BCUT2D eigenvalue weighted by molar-refractivity contribution is 7.86. The summed E-state index contributed by atoms with van der Waals surface area (Å²) in [5.41, 5.74) is 0.904. The van der Waals surface area contributed by atoms with Gasteiger partial charge < -0.3 is 15.2 Å². The van der Waals surface area contributed by atoms with Crippen LogP contribution in [-0.4, -0.2) is 66.6 Å². The average Bonchev–Trinajstić information content (AvgIpc) is 3.17. The molecular formula is C17H22N6O6S. The second-order valence-electron chi connectivity index (χ2n) is 6.21. The molecule has 2 unspecified atom stereocenters. The fraction of sp³-hybridized carbons (Fsp3) is 0.412. The molecule has 0 bridgehead atoms. The van der Waals surface area contributed by atoms with E-state index in [9.17, 15) is 23.6 Å². The number of aliphatic hydroxyl groups is 1. The summed E-state index contributed by atoms with van der Waals surface area (Å²) in [5.74, 6) is -0.356. The average molecular weight is 438 g/mol. The Hall–Kier alpha value is -3.03. The summed E-state index contributed by atoms with van der Waals surface area (Å²) < 4.78 is 30.8. The Morgan fingerprint density at radius 1 is 1.37 bits per heavy atom. The second-order valence-corrected chi connectivity index (χ2v) is 7.82. The molecule has 1 aromatic heterocycles. The number of hydrogen-bond acceptors (Lipinski definition) is 10. The minimum absolute atomic E-state index is 0.00107. The van der Waals surface area contributed by atoms with E-state index in [-0.39, 0.29) is 24.0 Å². The molecule has 0 saturated carbocycles. The molecule has 2 aromatic rings. The molecule has 0 fully saturated rings. The van der Waals surface area contributed by atoms with Crippen molar-refractivity contribution in [3.8, 4) is 0 Å². The number of nitro groups is 1. The maximum Gasteiger partial charge on any atom is 0.434 e. The van der Waals surface area contributed by atoms with Crippen LogP contribution in [0.3, 0.4) is 0 Å². The number of imidazole rings is 1. The first-order valence-electron chi connectivity index (χ1n) is 8.81. The molecule has 1 aromatic carbocycles. The molecule has 30 heavy (non-hydrogen) atoms. The van der Waals surface area contributed by atoms with Gasteiger partial charge in [0, 0.05) is 13.3 Å². The molecule has 0 aliphatic rings. The number of aliphatic imine (C=N–C) groups is 1. The van der Waals surface area contributed by atoms with Gasteiger partial charge in [-0.15, -0.1) is 0 Å². The lowest BCUT2D eigenvalue weighted by Gasteiger charge is -2.12. The SMILES string of the molecule is C/N=N\C(/C=N/C(CO)COS(=O)(=O)c1ccc(C)cc1)Cn1ccnc1[N+](=O)[O-]. The zero-order valence-electron chi connectivity index (χ0n) is 16.4. The summed E-state index contributed by atoms with van der Waals surface area (Å²) in [6.45, 7) is 1.01. The van der Waals surface area contributed by atoms with Crippen LogP contribution in [0.5, 0.6) is 0 Å². The van der Waals surface area contributed by atoms with Crippen molar-refractivity contribution >= 4 is 22.3 Å². The van der Waals surface area contributed by atoms with Crippen LogP contribution in [-0.2, 0) is 20.8 Å². The minimum Gasteiger partial charge on any atom is -0.394 e. The van der Waals surface area contributed by atoms with E-state index in [4.69, 9.17) is 4.18 Å². The zero-order chi connectivity index (χ0) is 22.1. The molecule has 2 rings (SSSR count). The van der Waals surface area contributed by atoms with Crippen LogP contribution < -0.4 is 0 Å². The van der Waals surface area contributed by atoms with Gasteiger partial charge >= 0.3 is 5.95 Å². The van der Waals surface area contributed by atoms with Crippen molar-refractivity contribution in [3.63, 3.8) is 0 Å². The summed E-state index contributed by atoms with van der Waals surface area (Å²) in [6.07, 6.45) is 4.04. The lowest BCUT2D eigenvalue weighted by Crippen LogP contribution is -2.23. The fourth-order valence-corrected chi connectivity index (χ4v) is 3.33. The summed E-state index contributed by atoms with van der Waals surface area (Å²) in [7, 11) is -2.57. The van der Waals surface area contributed by atoms with Crippen molar-refractivity contribution < 1.29 is 22.6 Å². The van der Waals surface area contributed by atoms with Gasteiger partial charge in [-0.2, -0.15) is 18.6 Å². The number of aryl methyl sites for hydroxylation is 1. The molecule has 0 aliphatic heterocycles. The molecule has 0 aliphatic carbocycles. The Morgan fingerprint density at radius 2 is 2.07 bits per heavy atom. The Morgan fingerprint density at radius 3 is 2.67 bits per heavy atom. The number of benzene rings is 1. The van der Waals surface area contributed by atoms with Gasteiger partial charge in [-0.25, -0.2) is 4.57 Å². The van der Waals surface area contributed by atoms with Crippen LogP contribution in [0.2, 0.25) is 0 Å². The smallest absolute Gasteiger partial charge is 0.394 e. The topological polar surface area (TPSA) is 162 Å². The van der Waals surface area contributed by atoms with Crippen LogP contribution in [0.4, 0.5) is 5.95 Å². The molecule has 0 radical (unpaired) electrons. The summed E-state index contributed by atoms with van der Waals surface area (Å²) in [5, 5.41) is 28.1. The van der Waals surface area contributed by atoms with Crippen molar-refractivity contribution in [2.45, 2.75) is 30.4 Å². The van der Waals surface area contributed by atoms with Crippen LogP contribution >= 0.6 is 0 Å². The third-order valence-corrected chi connectivity index (χ3v) is 5.21. The van der Waals surface area contributed by atoms with Crippen LogP contribution in [0, 0.1) is 17.0 Å². The van der Waals surface area contributed by atoms with Crippen molar-refractivity contribution in [1.29, 1.82) is 0 Å². The number of hydrogen-bond donors (Lipinski definition) is 1. The largest absolute Gasteiger partial charge is 0.434 e. The molecule has 1 N–H and O–H groups in total. The van der Waals surface area contributed by atoms with Gasteiger partial charge in [-0.1, -0.05) is 22.7 Å². The third kappa shape index (κ3) is 6.50. The molecule has 1 heterocycles. The molecule has 2 atom stereocenters. The van der Waals surface area contributed by atoms with Crippen molar-refractivity contribution in [2.75, 3.05) is 20.3 Å². The molecular weight excluding hydrogens is 416 g/mol. The monoisotopic (exact) mass is 438 g/mol. The number of nitrogens with zero attached hydrogens (tertiary/aromatic N) is 6. The standard InChI is InChI=1S/C17H22N6O6S/c1-13-3-5-16(6-4-13)30(27,28)29-12-15(11-24)20-9-14(21-18-2)10-22-8-7-19-17(22)23(25)26/h3-9,14-15,24H,10-12H2,1-2H3/b20-9+,21-18-. The molecule has 0 amide bonds. The lowest BCUT2D eigenvalue weighted by atomic mass is 10.2. The third-order valence-electron chi connectivity index (χ3n) is 3.91. The number of rotatable bonds is 11. The molecule has 12 nitrogen and oxygen atoms in total. The van der Waals surface area contributed by atoms with E-state index in [2.05, 4.69) is 20.2 Å². The van der Waals surface area contributed by atoms with E-state index in [0.29, 0.717) is 0 Å². The summed E-state index contributed by atoms with van der Waals surface area (Å²) >= 11 is 0. The maximum atomic E-state index is 12.3. The van der Waals surface area contributed by atoms with Gasteiger partial charge in [0.1, 0.15) is 25.0 Å². The Kier molecular flexibility index (Phi) is 8.26. The predicted octanol–water partition coefficient (Wildman–Crippen LogP) is 1.39. The van der Waals surface area contributed by atoms with E-state index in [0.717, 1.165) is 5.56 Å². The zero-order valence-corrected chi connectivity index (χ0v) is 17.2. The van der Waals surface area contributed by atoms with Crippen molar-refractivity contribution in [1.82, 2.24) is 9.55 Å². The molecule has 0 saturated heterocycles. The highest BCUT2D eigenvalue weighted by atomic mass is 32.2. The Bertz CT molecular complexity index is 1000. The van der Waals surface area contributed by atoms with Gasteiger partial charge in [0.2, 0.25) is 0 Å². The van der Waals surface area contributed by atoms with Gasteiger partial charge in [0.15, 0.2) is 0 Å². The van der Waals surface area contributed by atoms with E-state index < -0.39 is 33.7 Å². The molecule has 0 spiro atoms.